The smallest absolute Gasteiger partial charge is 0.147 e. The Morgan fingerprint density at radius 2 is 1.79 bits per heavy atom. The van der Waals surface area contributed by atoms with E-state index in [9.17, 15) is 9.50 Å². The van der Waals surface area contributed by atoms with Gasteiger partial charge < -0.3 is 10.0 Å². The van der Waals surface area contributed by atoms with Gasteiger partial charge in [-0.1, -0.05) is 6.07 Å². The molecule has 4 rings (SSSR count). The van der Waals surface area contributed by atoms with Gasteiger partial charge in [0.1, 0.15) is 17.4 Å². The van der Waals surface area contributed by atoms with Crippen LogP contribution in [0.2, 0.25) is 0 Å². The standard InChI is InChI=1S/C19H18FN3O/c20-14-5-7-18(24)15(11-14)13-4-6-16-17(10-13)22-19(12-21-16)23-8-2-1-3-9-23/h4-7,10-12,24H,1-3,8-9H2. The lowest BCUT2D eigenvalue weighted by molar-refractivity contribution is 0.475. The highest BCUT2D eigenvalue weighted by atomic mass is 19.1. The third kappa shape index (κ3) is 2.77. The van der Waals surface area contributed by atoms with Crippen LogP contribution in [0.3, 0.4) is 0 Å². The lowest BCUT2D eigenvalue weighted by Crippen LogP contribution is -2.30. The van der Waals surface area contributed by atoms with Crippen LogP contribution in [0.15, 0.2) is 42.6 Å². The van der Waals surface area contributed by atoms with Gasteiger partial charge in [0, 0.05) is 18.7 Å². The van der Waals surface area contributed by atoms with Gasteiger partial charge in [0.25, 0.3) is 0 Å². The molecule has 2 heterocycles. The first-order chi connectivity index (χ1) is 11.7. The Hall–Kier alpha value is -2.69. The number of halogens is 1. The minimum Gasteiger partial charge on any atom is -0.507 e. The van der Waals surface area contributed by atoms with Gasteiger partial charge in [0.2, 0.25) is 0 Å². The van der Waals surface area contributed by atoms with E-state index in [1.807, 2.05) is 24.4 Å². The second-order valence-corrected chi connectivity index (χ2v) is 6.14. The molecule has 1 fully saturated rings. The predicted octanol–water partition coefficient (Wildman–Crippen LogP) is 4.13. The number of hydrogen-bond donors (Lipinski definition) is 1. The summed E-state index contributed by atoms with van der Waals surface area (Å²) in [4.78, 5) is 11.5. The lowest BCUT2D eigenvalue weighted by Gasteiger charge is -2.27. The molecule has 3 aromatic rings. The molecule has 0 atom stereocenters. The average molecular weight is 323 g/mol. The maximum Gasteiger partial charge on any atom is 0.147 e. The highest BCUT2D eigenvalue weighted by Gasteiger charge is 2.14. The normalized spacial score (nSPS) is 15.0. The Morgan fingerprint density at radius 3 is 2.62 bits per heavy atom. The lowest BCUT2D eigenvalue weighted by atomic mass is 10.0. The Balaban J connectivity index is 1.77. The van der Waals surface area contributed by atoms with Crippen LogP contribution < -0.4 is 4.90 Å². The molecule has 0 radical (unpaired) electrons. The van der Waals surface area contributed by atoms with Gasteiger partial charge in [0.05, 0.1) is 17.2 Å². The van der Waals surface area contributed by atoms with Gasteiger partial charge >= 0.3 is 0 Å². The highest BCUT2D eigenvalue weighted by Crippen LogP contribution is 2.31. The summed E-state index contributed by atoms with van der Waals surface area (Å²) in [6.07, 6.45) is 5.43. The van der Waals surface area contributed by atoms with Crippen LogP contribution in [-0.2, 0) is 0 Å². The van der Waals surface area contributed by atoms with Crippen molar-refractivity contribution in [2.45, 2.75) is 19.3 Å². The molecule has 122 valence electrons. The second-order valence-electron chi connectivity index (χ2n) is 6.14. The summed E-state index contributed by atoms with van der Waals surface area (Å²) in [5, 5.41) is 10.0. The summed E-state index contributed by atoms with van der Waals surface area (Å²) >= 11 is 0. The Kier molecular flexibility index (Phi) is 3.76. The van der Waals surface area contributed by atoms with Crippen molar-refractivity contribution in [2.75, 3.05) is 18.0 Å². The minimum atomic E-state index is -0.379. The van der Waals surface area contributed by atoms with E-state index in [0.29, 0.717) is 5.56 Å². The fraction of sp³-hybridized carbons (Fsp3) is 0.263. The Morgan fingerprint density at radius 1 is 0.958 bits per heavy atom. The zero-order valence-electron chi connectivity index (χ0n) is 13.2. The van der Waals surface area contributed by atoms with E-state index in [1.54, 1.807) is 0 Å². The zero-order valence-corrected chi connectivity index (χ0v) is 13.2. The summed E-state index contributed by atoms with van der Waals surface area (Å²) in [6, 6.07) is 9.47. The van der Waals surface area contributed by atoms with Crippen molar-refractivity contribution in [1.82, 2.24) is 9.97 Å². The zero-order chi connectivity index (χ0) is 16.5. The molecule has 0 amide bonds. The van der Waals surface area contributed by atoms with Gasteiger partial charge in [-0.2, -0.15) is 0 Å². The predicted molar refractivity (Wildman–Crippen MR) is 92.7 cm³/mol. The van der Waals surface area contributed by atoms with Crippen LogP contribution in [0.25, 0.3) is 22.2 Å². The number of piperidine rings is 1. The topological polar surface area (TPSA) is 49.3 Å². The molecule has 1 aromatic heterocycles. The van der Waals surface area contributed by atoms with Crippen molar-refractivity contribution in [2.24, 2.45) is 0 Å². The SMILES string of the molecule is Oc1ccc(F)cc1-c1ccc2ncc(N3CCCCC3)nc2c1. The number of benzene rings is 2. The third-order valence-electron chi connectivity index (χ3n) is 4.48. The number of nitrogens with zero attached hydrogens (tertiary/aromatic N) is 3. The molecule has 0 spiro atoms. The monoisotopic (exact) mass is 323 g/mol. The van der Waals surface area contributed by atoms with Crippen molar-refractivity contribution >= 4 is 16.9 Å². The minimum absolute atomic E-state index is 0.0518. The molecule has 1 aliphatic heterocycles. The summed E-state index contributed by atoms with van der Waals surface area (Å²) < 4.78 is 13.5. The van der Waals surface area contributed by atoms with Crippen molar-refractivity contribution in [3.05, 3.63) is 48.4 Å². The molecule has 0 bridgehead atoms. The first-order valence-electron chi connectivity index (χ1n) is 8.21. The molecule has 0 saturated carbocycles. The van der Waals surface area contributed by atoms with Gasteiger partial charge in [-0.3, -0.25) is 4.98 Å². The van der Waals surface area contributed by atoms with Crippen molar-refractivity contribution < 1.29 is 9.50 Å². The molecule has 2 aromatic carbocycles. The number of fused-ring (bicyclic) bond motifs is 1. The quantitative estimate of drug-likeness (QED) is 0.770. The summed E-state index contributed by atoms with van der Waals surface area (Å²) in [6.45, 7) is 2.01. The number of anilines is 1. The molecule has 24 heavy (non-hydrogen) atoms. The van der Waals surface area contributed by atoms with E-state index < -0.39 is 0 Å². The van der Waals surface area contributed by atoms with Crippen molar-refractivity contribution in [1.29, 1.82) is 0 Å². The molecular formula is C19H18FN3O. The Labute approximate surface area is 139 Å². The first-order valence-corrected chi connectivity index (χ1v) is 8.21. The van der Waals surface area contributed by atoms with E-state index in [4.69, 9.17) is 4.98 Å². The molecule has 4 nitrogen and oxygen atoms in total. The van der Waals surface area contributed by atoms with Crippen LogP contribution in [0.4, 0.5) is 10.2 Å². The van der Waals surface area contributed by atoms with Crippen LogP contribution in [0.1, 0.15) is 19.3 Å². The first kappa shape index (κ1) is 14.9. The largest absolute Gasteiger partial charge is 0.507 e. The third-order valence-corrected chi connectivity index (χ3v) is 4.48. The van der Waals surface area contributed by atoms with E-state index >= 15 is 0 Å². The number of aromatic nitrogens is 2. The maximum absolute atomic E-state index is 13.5. The number of phenolic OH excluding ortho intramolecular Hbond substituents is 1. The van der Waals surface area contributed by atoms with Crippen LogP contribution >= 0.6 is 0 Å². The molecular weight excluding hydrogens is 305 g/mol. The number of aromatic hydroxyl groups is 1. The number of phenols is 1. The molecule has 1 aliphatic rings. The fourth-order valence-electron chi connectivity index (χ4n) is 3.18. The fourth-order valence-corrected chi connectivity index (χ4v) is 3.18. The molecule has 1 saturated heterocycles. The van der Waals surface area contributed by atoms with Crippen LogP contribution in [0, 0.1) is 5.82 Å². The van der Waals surface area contributed by atoms with E-state index in [2.05, 4.69) is 9.88 Å². The number of rotatable bonds is 2. The summed E-state index contributed by atoms with van der Waals surface area (Å²) in [5.41, 5.74) is 2.72. The van der Waals surface area contributed by atoms with Crippen molar-refractivity contribution in [3.8, 4) is 16.9 Å². The van der Waals surface area contributed by atoms with Gasteiger partial charge in [-0.25, -0.2) is 9.37 Å². The molecule has 0 unspecified atom stereocenters. The van der Waals surface area contributed by atoms with E-state index in [-0.39, 0.29) is 11.6 Å². The molecule has 5 heteroatoms. The van der Waals surface area contributed by atoms with Crippen LogP contribution in [-0.4, -0.2) is 28.2 Å². The average Bonchev–Trinajstić information content (AvgIpc) is 2.63. The summed E-state index contributed by atoms with van der Waals surface area (Å²) in [7, 11) is 0. The van der Waals surface area contributed by atoms with Gasteiger partial charge in [-0.15, -0.1) is 0 Å². The van der Waals surface area contributed by atoms with Gasteiger partial charge in [0.15, 0.2) is 0 Å². The summed E-state index contributed by atoms with van der Waals surface area (Å²) in [5.74, 6) is 0.551. The number of hydrogen-bond acceptors (Lipinski definition) is 4. The van der Waals surface area contributed by atoms with E-state index in [0.717, 1.165) is 35.5 Å². The second kappa shape index (κ2) is 6.07. The van der Waals surface area contributed by atoms with E-state index in [1.165, 1.54) is 37.5 Å². The molecule has 0 aliphatic carbocycles. The van der Waals surface area contributed by atoms with Crippen LogP contribution in [0.5, 0.6) is 5.75 Å². The Bertz CT molecular complexity index is 891. The van der Waals surface area contributed by atoms with Gasteiger partial charge in [-0.05, 0) is 55.2 Å². The van der Waals surface area contributed by atoms with Crippen molar-refractivity contribution in [3.63, 3.8) is 0 Å². The molecule has 1 N–H and O–H groups in total. The highest BCUT2D eigenvalue weighted by molar-refractivity contribution is 5.83. The maximum atomic E-state index is 13.5.